The highest BCUT2D eigenvalue weighted by Gasteiger charge is 2.12. The number of hydrogen-bond donors (Lipinski definition) is 1. The van der Waals surface area contributed by atoms with E-state index < -0.39 is 15.8 Å². The summed E-state index contributed by atoms with van der Waals surface area (Å²) in [5.41, 5.74) is 0.914. The fourth-order valence-electron chi connectivity index (χ4n) is 1.82. The van der Waals surface area contributed by atoms with Crippen molar-refractivity contribution in [1.29, 1.82) is 0 Å². The largest absolute Gasteiger partial charge is 0.489 e. The van der Waals surface area contributed by atoms with Gasteiger partial charge in [-0.25, -0.2) is 12.8 Å². The van der Waals surface area contributed by atoms with E-state index in [2.05, 4.69) is 11.3 Å². The Morgan fingerprint density at radius 1 is 1.18 bits per heavy atom. The lowest BCUT2D eigenvalue weighted by atomic mass is 10.2. The first kappa shape index (κ1) is 16.0. The van der Waals surface area contributed by atoms with Crippen LogP contribution in [0.25, 0.3) is 0 Å². The summed E-state index contributed by atoms with van der Waals surface area (Å²) < 4.78 is 44.9. The van der Waals surface area contributed by atoms with Gasteiger partial charge in [-0.15, -0.1) is 0 Å². The van der Waals surface area contributed by atoms with Gasteiger partial charge in [0.05, 0.1) is 11.4 Å². The molecule has 0 amide bonds. The highest BCUT2D eigenvalue weighted by atomic mass is 32.2. The molecule has 0 atom stereocenters. The van der Waals surface area contributed by atoms with Crippen molar-refractivity contribution < 1.29 is 17.5 Å². The Bertz CT molecular complexity index is 742. The van der Waals surface area contributed by atoms with Crippen molar-refractivity contribution in [2.75, 3.05) is 11.3 Å². The zero-order valence-corrected chi connectivity index (χ0v) is 12.6. The Balaban J connectivity index is 2.07. The molecule has 4 nitrogen and oxygen atoms in total. The van der Waals surface area contributed by atoms with E-state index in [1.54, 1.807) is 30.3 Å². The first-order chi connectivity index (χ1) is 10.5. The molecule has 0 saturated carbocycles. The van der Waals surface area contributed by atoms with Crippen molar-refractivity contribution in [3.8, 4) is 5.75 Å². The van der Waals surface area contributed by atoms with Crippen LogP contribution in [0, 0.1) is 5.82 Å². The monoisotopic (exact) mass is 321 g/mol. The molecule has 0 aliphatic carbocycles. The van der Waals surface area contributed by atoms with Gasteiger partial charge in [-0.1, -0.05) is 30.9 Å². The van der Waals surface area contributed by atoms with Crippen molar-refractivity contribution in [3.63, 3.8) is 0 Å². The Kier molecular flexibility index (Phi) is 5.16. The van der Waals surface area contributed by atoms with Gasteiger partial charge in [0, 0.05) is 6.07 Å². The van der Waals surface area contributed by atoms with Crippen LogP contribution in [0.15, 0.2) is 61.2 Å². The predicted molar refractivity (Wildman–Crippen MR) is 84.8 cm³/mol. The Hall–Kier alpha value is -2.34. The van der Waals surface area contributed by atoms with Gasteiger partial charge in [-0.2, -0.15) is 0 Å². The van der Waals surface area contributed by atoms with Gasteiger partial charge in [0.2, 0.25) is 10.0 Å². The van der Waals surface area contributed by atoms with Crippen molar-refractivity contribution in [1.82, 2.24) is 0 Å². The molecule has 1 N–H and O–H groups in total. The average molecular weight is 321 g/mol. The molecule has 22 heavy (non-hydrogen) atoms. The van der Waals surface area contributed by atoms with E-state index in [0.717, 1.165) is 0 Å². The maximum absolute atomic E-state index is 12.8. The predicted octanol–water partition coefficient (Wildman–Crippen LogP) is 3.33. The number of ether oxygens (including phenoxy) is 1. The molecule has 0 fully saturated rings. The summed E-state index contributed by atoms with van der Waals surface area (Å²) in [7, 11) is -3.59. The van der Waals surface area contributed by atoms with E-state index in [0.29, 0.717) is 23.6 Å². The quantitative estimate of drug-likeness (QED) is 0.796. The molecule has 0 radical (unpaired) electrons. The molecule has 0 heterocycles. The molecule has 0 aliphatic rings. The van der Waals surface area contributed by atoms with Gasteiger partial charge in [-0.05, 0) is 29.8 Å². The minimum Gasteiger partial charge on any atom is -0.489 e. The first-order valence-corrected chi connectivity index (χ1v) is 8.22. The van der Waals surface area contributed by atoms with Gasteiger partial charge in [0.1, 0.15) is 18.2 Å². The van der Waals surface area contributed by atoms with E-state index in [1.165, 1.54) is 24.3 Å². The molecule has 0 spiro atoms. The fraction of sp³-hybridized carbons (Fsp3) is 0.125. The minimum atomic E-state index is -3.59. The van der Waals surface area contributed by atoms with E-state index >= 15 is 0 Å². The Morgan fingerprint density at radius 3 is 2.59 bits per heavy atom. The van der Waals surface area contributed by atoms with E-state index in [-0.39, 0.29) is 5.75 Å². The van der Waals surface area contributed by atoms with Crippen LogP contribution in [-0.2, 0) is 15.8 Å². The van der Waals surface area contributed by atoms with Crippen molar-refractivity contribution in [2.45, 2.75) is 5.75 Å². The SMILES string of the molecule is C=CCOc1cccc(NS(=O)(=O)Cc2ccc(F)cc2)c1. The van der Waals surface area contributed by atoms with E-state index in [9.17, 15) is 12.8 Å². The molecule has 2 rings (SSSR count). The average Bonchev–Trinajstić information content (AvgIpc) is 2.47. The Labute approximate surface area is 129 Å². The summed E-state index contributed by atoms with van der Waals surface area (Å²) in [6.45, 7) is 3.89. The zero-order valence-electron chi connectivity index (χ0n) is 11.8. The molecule has 0 bridgehead atoms. The van der Waals surface area contributed by atoms with Crippen LogP contribution in [0.1, 0.15) is 5.56 Å². The fourth-order valence-corrected chi connectivity index (χ4v) is 3.01. The number of anilines is 1. The summed E-state index contributed by atoms with van der Waals surface area (Å²) in [6.07, 6.45) is 1.60. The van der Waals surface area contributed by atoms with Crippen LogP contribution < -0.4 is 9.46 Å². The third-order valence-corrected chi connectivity index (χ3v) is 4.01. The zero-order chi connectivity index (χ0) is 16.0. The second-order valence-corrected chi connectivity index (χ2v) is 6.34. The van der Waals surface area contributed by atoms with Gasteiger partial charge in [0.25, 0.3) is 0 Å². The van der Waals surface area contributed by atoms with Gasteiger partial charge < -0.3 is 4.74 Å². The molecule has 0 aliphatic heterocycles. The highest BCUT2D eigenvalue weighted by molar-refractivity contribution is 7.91. The van der Waals surface area contributed by atoms with Crippen LogP contribution in [0.2, 0.25) is 0 Å². The van der Waals surface area contributed by atoms with Crippen LogP contribution in [0.4, 0.5) is 10.1 Å². The van der Waals surface area contributed by atoms with Gasteiger partial charge in [-0.3, -0.25) is 4.72 Å². The molecule has 116 valence electrons. The van der Waals surface area contributed by atoms with Crippen LogP contribution in [0.5, 0.6) is 5.75 Å². The lowest BCUT2D eigenvalue weighted by Crippen LogP contribution is -2.15. The minimum absolute atomic E-state index is 0.231. The van der Waals surface area contributed by atoms with Crippen molar-refractivity contribution >= 4 is 15.7 Å². The normalized spacial score (nSPS) is 11.0. The lowest BCUT2D eigenvalue weighted by molar-refractivity contribution is 0.363. The molecule has 2 aromatic carbocycles. The molecule has 0 saturated heterocycles. The third-order valence-electron chi connectivity index (χ3n) is 2.75. The number of nitrogens with one attached hydrogen (secondary N) is 1. The lowest BCUT2D eigenvalue weighted by Gasteiger charge is -2.10. The maximum Gasteiger partial charge on any atom is 0.236 e. The van der Waals surface area contributed by atoms with Gasteiger partial charge >= 0.3 is 0 Å². The number of sulfonamides is 1. The highest BCUT2D eigenvalue weighted by Crippen LogP contribution is 2.19. The third kappa shape index (κ3) is 4.89. The van der Waals surface area contributed by atoms with Gasteiger partial charge in [0.15, 0.2) is 0 Å². The smallest absolute Gasteiger partial charge is 0.236 e. The second-order valence-electron chi connectivity index (χ2n) is 4.62. The standard InChI is InChI=1S/C16H16FNO3S/c1-2-10-21-16-5-3-4-15(11-16)18-22(19,20)12-13-6-8-14(17)9-7-13/h2-9,11,18H,1,10,12H2. The molecular formula is C16H16FNO3S. The molecule has 0 unspecified atom stereocenters. The number of benzene rings is 2. The summed E-state index contributed by atoms with van der Waals surface area (Å²) in [6, 6.07) is 12.0. The summed E-state index contributed by atoms with van der Waals surface area (Å²) in [4.78, 5) is 0. The summed E-state index contributed by atoms with van der Waals surface area (Å²) >= 11 is 0. The van der Waals surface area contributed by atoms with Crippen LogP contribution in [-0.4, -0.2) is 15.0 Å². The van der Waals surface area contributed by atoms with E-state index in [1.807, 2.05) is 0 Å². The van der Waals surface area contributed by atoms with Crippen molar-refractivity contribution in [3.05, 3.63) is 72.6 Å². The summed E-state index contributed by atoms with van der Waals surface area (Å²) in [5.74, 6) is -0.0894. The van der Waals surface area contributed by atoms with Crippen LogP contribution in [0.3, 0.4) is 0 Å². The Morgan fingerprint density at radius 2 is 1.91 bits per heavy atom. The number of rotatable bonds is 7. The number of hydrogen-bond acceptors (Lipinski definition) is 3. The maximum atomic E-state index is 12.8. The number of halogens is 1. The molecular weight excluding hydrogens is 305 g/mol. The topological polar surface area (TPSA) is 55.4 Å². The first-order valence-electron chi connectivity index (χ1n) is 6.57. The summed E-state index contributed by atoms with van der Waals surface area (Å²) in [5, 5.41) is 0. The van der Waals surface area contributed by atoms with Crippen LogP contribution >= 0.6 is 0 Å². The molecule has 6 heteroatoms. The van der Waals surface area contributed by atoms with Crippen molar-refractivity contribution in [2.24, 2.45) is 0 Å². The van der Waals surface area contributed by atoms with E-state index in [4.69, 9.17) is 4.74 Å². The molecule has 0 aromatic heterocycles. The second kappa shape index (κ2) is 7.09. The molecule has 2 aromatic rings.